The fourth-order valence-corrected chi connectivity index (χ4v) is 2.01. The number of anilines is 1. The summed E-state index contributed by atoms with van der Waals surface area (Å²) in [7, 11) is 0. The van der Waals surface area contributed by atoms with Crippen LogP contribution in [0.25, 0.3) is 0 Å². The molecule has 25 heavy (non-hydrogen) atoms. The number of carbonyl (C=O) groups excluding carboxylic acids is 2. The van der Waals surface area contributed by atoms with Gasteiger partial charge in [0, 0.05) is 0 Å². The van der Waals surface area contributed by atoms with Gasteiger partial charge in [0.1, 0.15) is 30.3 Å². The van der Waals surface area contributed by atoms with Gasteiger partial charge < -0.3 is 25.6 Å². The fourth-order valence-electron chi connectivity index (χ4n) is 2.01. The number of amides is 2. The molecule has 0 atom stereocenters. The van der Waals surface area contributed by atoms with Gasteiger partial charge in [-0.1, -0.05) is 24.3 Å². The molecule has 0 radical (unpaired) electrons. The van der Waals surface area contributed by atoms with Gasteiger partial charge in [0.05, 0.1) is 5.69 Å². The zero-order valence-electron chi connectivity index (χ0n) is 13.1. The summed E-state index contributed by atoms with van der Waals surface area (Å²) in [5.41, 5.74) is 5.16. The fraction of sp³-hybridized carbons (Fsp3) is 0.118. The summed E-state index contributed by atoms with van der Waals surface area (Å²) in [6.07, 6.45) is 0. The van der Waals surface area contributed by atoms with E-state index in [0.29, 0.717) is 5.75 Å². The van der Waals surface area contributed by atoms with Crippen molar-refractivity contribution in [2.45, 2.75) is 0 Å². The predicted molar refractivity (Wildman–Crippen MR) is 88.7 cm³/mol. The lowest BCUT2D eigenvalue weighted by atomic mass is 10.1. The number of ether oxygens (including phenoxy) is 2. The molecule has 0 aromatic heterocycles. The Balaban J connectivity index is 2.05. The summed E-state index contributed by atoms with van der Waals surface area (Å²) in [5, 5.41) is 10.7. The van der Waals surface area contributed by atoms with Gasteiger partial charge in [0.25, 0.3) is 5.91 Å². The van der Waals surface area contributed by atoms with Gasteiger partial charge >= 0.3 is 11.9 Å². The van der Waals surface area contributed by atoms with Crippen LogP contribution in [-0.2, 0) is 9.59 Å². The number of carboxylic acid groups (broad SMARTS) is 1. The third kappa shape index (κ3) is 4.96. The number of carbonyl (C=O) groups is 3. The largest absolute Gasteiger partial charge is 0.490 e. The molecule has 0 unspecified atom stereocenters. The number of para-hydroxylation sites is 1. The van der Waals surface area contributed by atoms with Crippen molar-refractivity contribution in [1.82, 2.24) is 0 Å². The number of benzene rings is 2. The lowest BCUT2D eigenvalue weighted by Gasteiger charge is -2.14. The second kappa shape index (κ2) is 8.34. The van der Waals surface area contributed by atoms with Crippen molar-refractivity contribution in [3.63, 3.8) is 0 Å². The second-order valence-electron chi connectivity index (χ2n) is 4.81. The number of nitrogens with two attached hydrogens (primary N) is 1. The predicted octanol–water partition coefficient (Wildman–Crippen LogP) is 1.27. The summed E-state index contributed by atoms with van der Waals surface area (Å²) >= 11 is 0. The summed E-state index contributed by atoms with van der Waals surface area (Å²) in [6.45, 7) is 0.333. The number of primary amides is 1. The molecule has 0 aliphatic carbocycles. The van der Waals surface area contributed by atoms with Crippen LogP contribution in [0.15, 0.2) is 48.5 Å². The highest BCUT2D eigenvalue weighted by Crippen LogP contribution is 2.26. The first kappa shape index (κ1) is 17.8. The van der Waals surface area contributed by atoms with Crippen LogP contribution >= 0.6 is 0 Å². The van der Waals surface area contributed by atoms with Crippen molar-refractivity contribution in [2.75, 3.05) is 18.5 Å². The van der Waals surface area contributed by atoms with Crippen LogP contribution in [0.3, 0.4) is 0 Å². The first-order chi connectivity index (χ1) is 12.0. The van der Waals surface area contributed by atoms with Gasteiger partial charge in [-0.15, -0.1) is 0 Å². The summed E-state index contributed by atoms with van der Waals surface area (Å²) in [6, 6.07) is 13.4. The third-order valence-electron chi connectivity index (χ3n) is 3.07. The van der Waals surface area contributed by atoms with Crippen molar-refractivity contribution in [1.29, 1.82) is 0 Å². The van der Waals surface area contributed by atoms with E-state index >= 15 is 0 Å². The van der Waals surface area contributed by atoms with Gasteiger partial charge in [-0.2, -0.15) is 0 Å². The first-order valence-electron chi connectivity index (χ1n) is 7.26. The van der Waals surface area contributed by atoms with Gasteiger partial charge in [0.15, 0.2) is 0 Å². The van der Waals surface area contributed by atoms with Crippen molar-refractivity contribution >= 4 is 23.5 Å². The second-order valence-corrected chi connectivity index (χ2v) is 4.81. The average molecular weight is 344 g/mol. The molecular formula is C17H16N2O6. The zero-order valence-corrected chi connectivity index (χ0v) is 13.1. The molecule has 2 amide bonds. The Bertz CT molecular complexity index is 776. The van der Waals surface area contributed by atoms with E-state index in [1.165, 1.54) is 18.2 Å². The van der Waals surface area contributed by atoms with Crippen LogP contribution in [0.1, 0.15) is 10.4 Å². The average Bonchev–Trinajstić information content (AvgIpc) is 2.59. The maximum Gasteiger partial charge on any atom is 0.394 e. The number of nitrogens with one attached hydrogen (secondary N) is 1. The summed E-state index contributed by atoms with van der Waals surface area (Å²) in [5.74, 6) is -3.04. The number of rotatable bonds is 7. The Hall–Kier alpha value is -3.55. The van der Waals surface area contributed by atoms with Crippen LogP contribution in [0.2, 0.25) is 0 Å². The summed E-state index contributed by atoms with van der Waals surface area (Å²) < 4.78 is 10.9. The molecule has 2 aromatic carbocycles. The van der Waals surface area contributed by atoms with Crippen molar-refractivity contribution in [3.05, 3.63) is 54.1 Å². The van der Waals surface area contributed by atoms with E-state index in [1.807, 2.05) is 18.2 Å². The molecule has 0 heterocycles. The minimum atomic E-state index is -1.68. The standard InChI is InChI=1S/C17H16N2O6/c18-15(20)14-12(19-16(21)17(22)23)7-4-8-13(14)25-10-9-24-11-5-2-1-3-6-11/h1-8H,9-10H2,(H2,18,20)(H,19,21)(H,22,23). The minimum Gasteiger partial charge on any atom is -0.490 e. The Kier molecular flexibility index (Phi) is 5.94. The molecule has 2 aromatic rings. The molecule has 4 N–H and O–H groups in total. The molecule has 0 spiro atoms. The minimum absolute atomic E-state index is 0.0404. The van der Waals surface area contributed by atoms with E-state index in [9.17, 15) is 14.4 Å². The van der Waals surface area contributed by atoms with Crippen LogP contribution in [0.5, 0.6) is 11.5 Å². The quantitative estimate of drug-likeness (QED) is 0.512. The SMILES string of the molecule is NC(=O)c1c(NC(=O)C(=O)O)cccc1OCCOc1ccccc1. The smallest absolute Gasteiger partial charge is 0.394 e. The van der Waals surface area contributed by atoms with Crippen LogP contribution in [0, 0.1) is 0 Å². The maximum absolute atomic E-state index is 11.7. The van der Waals surface area contributed by atoms with Crippen molar-refractivity contribution < 1.29 is 29.0 Å². The Morgan fingerprint density at radius 2 is 1.64 bits per heavy atom. The number of hydrogen-bond donors (Lipinski definition) is 3. The van der Waals surface area contributed by atoms with Crippen molar-refractivity contribution in [2.24, 2.45) is 5.73 Å². The Morgan fingerprint density at radius 3 is 2.28 bits per heavy atom. The maximum atomic E-state index is 11.7. The topological polar surface area (TPSA) is 128 Å². The zero-order chi connectivity index (χ0) is 18.2. The summed E-state index contributed by atoms with van der Waals surface area (Å²) in [4.78, 5) is 33.6. The van der Waals surface area contributed by atoms with Gasteiger partial charge in [-0.25, -0.2) is 4.79 Å². The van der Waals surface area contributed by atoms with E-state index in [1.54, 1.807) is 12.1 Å². The Labute approximate surface area is 143 Å². The molecule has 130 valence electrons. The van der Waals surface area contributed by atoms with E-state index in [-0.39, 0.29) is 30.2 Å². The monoisotopic (exact) mass is 344 g/mol. The number of carboxylic acids is 1. The highest BCUT2D eigenvalue weighted by Gasteiger charge is 2.19. The van der Waals surface area contributed by atoms with E-state index in [0.717, 1.165) is 0 Å². The first-order valence-corrected chi connectivity index (χ1v) is 7.26. The molecule has 0 aliphatic heterocycles. The molecule has 2 rings (SSSR count). The van der Waals surface area contributed by atoms with E-state index in [4.69, 9.17) is 20.3 Å². The molecule has 0 bridgehead atoms. The number of aliphatic carboxylic acids is 1. The lowest BCUT2D eigenvalue weighted by molar-refractivity contribution is -0.147. The van der Waals surface area contributed by atoms with Gasteiger partial charge in [-0.3, -0.25) is 9.59 Å². The van der Waals surface area contributed by atoms with Crippen LogP contribution in [-0.4, -0.2) is 36.1 Å². The highest BCUT2D eigenvalue weighted by atomic mass is 16.5. The number of hydrogen-bond acceptors (Lipinski definition) is 5. The van der Waals surface area contributed by atoms with Crippen molar-refractivity contribution in [3.8, 4) is 11.5 Å². The highest BCUT2D eigenvalue weighted by molar-refractivity contribution is 6.36. The normalized spacial score (nSPS) is 9.92. The molecule has 0 saturated heterocycles. The molecule has 8 heteroatoms. The molecule has 0 saturated carbocycles. The van der Waals surface area contributed by atoms with Gasteiger partial charge in [0.2, 0.25) is 0 Å². The molecule has 0 aliphatic rings. The van der Waals surface area contributed by atoms with Crippen LogP contribution < -0.4 is 20.5 Å². The molecule has 8 nitrogen and oxygen atoms in total. The van der Waals surface area contributed by atoms with Crippen LogP contribution in [0.4, 0.5) is 5.69 Å². The lowest BCUT2D eigenvalue weighted by Crippen LogP contribution is -2.25. The molecule has 0 fully saturated rings. The van der Waals surface area contributed by atoms with E-state index < -0.39 is 17.8 Å². The van der Waals surface area contributed by atoms with Gasteiger partial charge in [-0.05, 0) is 24.3 Å². The molecular weight excluding hydrogens is 328 g/mol. The Morgan fingerprint density at radius 1 is 0.960 bits per heavy atom. The van der Waals surface area contributed by atoms with E-state index in [2.05, 4.69) is 5.32 Å². The third-order valence-corrected chi connectivity index (χ3v) is 3.07.